The van der Waals surface area contributed by atoms with Gasteiger partial charge in [-0.15, -0.1) is 0 Å². The van der Waals surface area contributed by atoms with Gasteiger partial charge in [0, 0.05) is 12.5 Å². The third kappa shape index (κ3) is 8.63. The van der Waals surface area contributed by atoms with Crippen LogP contribution in [-0.2, 0) is 4.79 Å². The van der Waals surface area contributed by atoms with E-state index < -0.39 is 0 Å². The van der Waals surface area contributed by atoms with E-state index in [2.05, 4.69) is 36.5 Å². The zero-order chi connectivity index (χ0) is 20.9. The van der Waals surface area contributed by atoms with Crippen molar-refractivity contribution in [3.05, 3.63) is 30.4 Å². The molecule has 1 aliphatic rings. The van der Waals surface area contributed by atoms with E-state index in [9.17, 15) is 15.0 Å². The molecule has 1 aromatic rings. The van der Waals surface area contributed by atoms with Gasteiger partial charge in [-0.3, -0.25) is 4.79 Å². The van der Waals surface area contributed by atoms with E-state index in [4.69, 9.17) is 4.74 Å². The smallest absolute Gasteiger partial charge is 0.224 e. The predicted molar refractivity (Wildman–Crippen MR) is 118 cm³/mol. The molecule has 160 valence electrons. The van der Waals surface area contributed by atoms with Gasteiger partial charge in [0.15, 0.2) is 11.5 Å². The number of anilines is 1. The Balaban J connectivity index is 1.43. The number of phenolic OH excluding ortho intramolecular Hbond substituents is 2. The largest absolute Gasteiger partial charge is 0.504 e. The summed E-state index contributed by atoms with van der Waals surface area (Å²) in [5.41, 5.74) is 0.200. The number of carbonyl (C=O) groups excluding carboxylic acids is 1. The fraction of sp³-hybridized carbons (Fsp3) is 0.542. The second-order valence-electron chi connectivity index (χ2n) is 7.58. The number of rotatable bonds is 15. The van der Waals surface area contributed by atoms with Crippen LogP contribution in [0.3, 0.4) is 0 Å². The minimum Gasteiger partial charge on any atom is -0.504 e. The molecule has 0 unspecified atom stereocenters. The molecule has 5 heteroatoms. The van der Waals surface area contributed by atoms with Crippen LogP contribution in [0.1, 0.15) is 84.0 Å². The predicted octanol–water partition coefficient (Wildman–Crippen LogP) is 6.96. The molecule has 1 aromatic carbocycles. The summed E-state index contributed by atoms with van der Waals surface area (Å²) in [5, 5.41) is 22.1. The lowest BCUT2D eigenvalue weighted by Crippen LogP contribution is -2.10. The van der Waals surface area contributed by atoms with Gasteiger partial charge >= 0.3 is 0 Å². The van der Waals surface area contributed by atoms with Gasteiger partial charge in [-0.05, 0) is 38.5 Å². The first-order chi connectivity index (χ1) is 14.1. The Hall–Kier alpha value is -2.43. The molecule has 1 heterocycles. The van der Waals surface area contributed by atoms with Gasteiger partial charge < -0.3 is 20.3 Å². The molecule has 0 radical (unpaired) electrons. The van der Waals surface area contributed by atoms with Gasteiger partial charge in [0.25, 0.3) is 0 Å². The van der Waals surface area contributed by atoms with Gasteiger partial charge in [0.05, 0.1) is 5.69 Å². The fourth-order valence-corrected chi connectivity index (χ4v) is 3.20. The number of nitrogens with one attached hydrogen (secondary N) is 1. The maximum atomic E-state index is 12.0. The minimum absolute atomic E-state index is 0.0647. The van der Waals surface area contributed by atoms with Crippen LogP contribution in [0, 0.1) is 0 Å². The van der Waals surface area contributed by atoms with Crippen LogP contribution < -0.4 is 10.1 Å². The molecule has 0 spiro atoms. The Morgan fingerprint density at radius 1 is 0.931 bits per heavy atom. The fourth-order valence-electron chi connectivity index (χ4n) is 3.20. The van der Waals surface area contributed by atoms with Crippen LogP contribution in [0.25, 0.3) is 0 Å². The van der Waals surface area contributed by atoms with Gasteiger partial charge in [-0.2, -0.15) is 0 Å². The van der Waals surface area contributed by atoms with Gasteiger partial charge in [0.2, 0.25) is 17.4 Å². The van der Waals surface area contributed by atoms with Crippen LogP contribution >= 0.6 is 0 Å². The first kappa shape index (κ1) is 22.9. The molecule has 1 amide bonds. The zero-order valence-corrected chi connectivity index (χ0v) is 17.6. The topological polar surface area (TPSA) is 82.1 Å². The highest BCUT2D eigenvalue weighted by Crippen LogP contribution is 2.60. The highest BCUT2D eigenvalue weighted by Gasteiger charge is 2.32. The molecule has 3 N–H and O–H groups in total. The van der Waals surface area contributed by atoms with Gasteiger partial charge in [-0.25, -0.2) is 0 Å². The second-order valence-corrected chi connectivity index (χ2v) is 7.58. The molecule has 0 saturated heterocycles. The van der Waals surface area contributed by atoms with Crippen molar-refractivity contribution in [2.75, 3.05) is 5.32 Å². The normalized spacial score (nSPS) is 12.3. The van der Waals surface area contributed by atoms with Gasteiger partial charge in [-0.1, -0.05) is 63.3 Å². The highest BCUT2D eigenvalue weighted by atomic mass is 16.6. The van der Waals surface area contributed by atoms with E-state index in [1.807, 2.05) is 0 Å². The second kappa shape index (κ2) is 12.9. The maximum absolute atomic E-state index is 12.0. The minimum atomic E-state index is -0.161. The van der Waals surface area contributed by atoms with E-state index in [1.165, 1.54) is 44.6 Å². The van der Waals surface area contributed by atoms with Crippen molar-refractivity contribution in [2.45, 2.75) is 84.0 Å². The van der Waals surface area contributed by atoms with Crippen LogP contribution in [0.5, 0.6) is 23.0 Å². The molecule has 0 bridgehead atoms. The zero-order valence-electron chi connectivity index (χ0n) is 17.6. The number of fused-ring (bicyclic) bond motifs is 1. The summed E-state index contributed by atoms with van der Waals surface area (Å²) in [4.78, 5) is 12.0. The third-order valence-corrected chi connectivity index (χ3v) is 4.98. The van der Waals surface area contributed by atoms with Crippen molar-refractivity contribution >= 4 is 11.6 Å². The molecule has 5 nitrogen and oxygen atoms in total. The average Bonchev–Trinajstić information content (AvgIpc) is 3.51. The van der Waals surface area contributed by atoms with Crippen LogP contribution in [-0.4, -0.2) is 16.1 Å². The summed E-state index contributed by atoms with van der Waals surface area (Å²) in [5.74, 6) is 0.189. The van der Waals surface area contributed by atoms with Crippen molar-refractivity contribution in [2.24, 2.45) is 0 Å². The Morgan fingerprint density at radius 3 is 2.31 bits per heavy atom. The number of hydrogen-bond acceptors (Lipinski definition) is 4. The molecule has 0 saturated carbocycles. The molecule has 2 rings (SSSR count). The molecule has 0 aromatic heterocycles. The summed E-state index contributed by atoms with van der Waals surface area (Å²) in [6, 6.07) is 1.31. The molecule has 29 heavy (non-hydrogen) atoms. The molecular weight excluding hydrogens is 366 g/mol. The van der Waals surface area contributed by atoms with Crippen molar-refractivity contribution in [3.8, 4) is 23.0 Å². The van der Waals surface area contributed by atoms with E-state index in [1.54, 1.807) is 0 Å². The van der Waals surface area contributed by atoms with E-state index >= 15 is 0 Å². The number of benzene rings is 1. The summed E-state index contributed by atoms with van der Waals surface area (Å²) in [6.07, 6.45) is 22.0. The van der Waals surface area contributed by atoms with E-state index in [0.29, 0.717) is 6.42 Å². The average molecular weight is 402 g/mol. The van der Waals surface area contributed by atoms with Crippen molar-refractivity contribution in [3.63, 3.8) is 0 Å². The number of phenols is 2. The lowest BCUT2D eigenvalue weighted by atomic mass is 10.1. The molecule has 0 aliphatic carbocycles. The summed E-state index contributed by atoms with van der Waals surface area (Å²) >= 11 is 0. The van der Waals surface area contributed by atoms with Crippen molar-refractivity contribution < 1.29 is 19.7 Å². The molecule has 0 atom stereocenters. The summed E-state index contributed by atoms with van der Waals surface area (Å²) < 4.78 is 4.95. The van der Waals surface area contributed by atoms with Gasteiger partial charge in [0.1, 0.15) is 0 Å². The summed E-state index contributed by atoms with van der Waals surface area (Å²) in [7, 11) is 0. The van der Waals surface area contributed by atoms with Crippen LogP contribution in [0.2, 0.25) is 0 Å². The first-order valence-corrected chi connectivity index (χ1v) is 11.0. The Bertz CT molecular complexity index is 709. The molecular formula is C24H35NO4. The standard InChI is InChI=1S/C24H35NO4/c1-2-3-4-5-6-7-8-9-10-11-12-13-14-15-16-17-21(27)25-19-18-20(26)23-24(29-23)22(19)28/h6-7,9-10,18,26,28H,2-5,8,11-17H2,1H3,(H,25,27). The lowest BCUT2D eigenvalue weighted by molar-refractivity contribution is -0.116. The maximum Gasteiger partial charge on any atom is 0.224 e. The number of hydrogen-bond donors (Lipinski definition) is 3. The Morgan fingerprint density at radius 2 is 1.59 bits per heavy atom. The quantitative estimate of drug-likeness (QED) is 0.0990. The number of aromatic hydroxyl groups is 2. The number of amides is 1. The molecule has 1 aliphatic heterocycles. The highest BCUT2D eigenvalue weighted by molar-refractivity contribution is 5.94. The van der Waals surface area contributed by atoms with Crippen molar-refractivity contribution in [1.82, 2.24) is 0 Å². The third-order valence-electron chi connectivity index (χ3n) is 4.98. The lowest BCUT2D eigenvalue weighted by Gasteiger charge is -2.06. The van der Waals surface area contributed by atoms with Crippen LogP contribution in [0.15, 0.2) is 30.4 Å². The van der Waals surface area contributed by atoms with Crippen LogP contribution in [0.4, 0.5) is 5.69 Å². The monoisotopic (exact) mass is 401 g/mol. The number of carbonyl (C=O) groups is 1. The number of allylic oxidation sites excluding steroid dienone is 4. The Labute approximate surface area is 174 Å². The summed E-state index contributed by atoms with van der Waals surface area (Å²) in [6.45, 7) is 2.23. The van der Waals surface area contributed by atoms with Crippen molar-refractivity contribution in [1.29, 1.82) is 0 Å². The van der Waals surface area contributed by atoms with E-state index in [0.717, 1.165) is 32.1 Å². The first-order valence-electron chi connectivity index (χ1n) is 11.0. The van der Waals surface area contributed by atoms with E-state index in [-0.39, 0.29) is 34.6 Å². The SMILES string of the molecule is CCCCCC=CCC=CCCCCCCCC(=O)Nc1cc(O)c2c(c1O)O2. The number of ether oxygens (including phenoxy) is 1. The molecule has 0 fully saturated rings. The Kier molecular flexibility index (Phi) is 10.2. The number of unbranched alkanes of at least 4 members (excludes halogenated alkanes) is 8.